The molecule has 134 valence electrons. The summed E-state index contributed by atoms with van der Waals surface area (Å²) in [6, 6.07) is 11.0. The molecule has 1 heterocycles. The second-order valence-corrected chi connectivity index (χ2v) is 6.63. The normalized spacial score (nSPS) is 10.3. The lowest BCUT2D eigenvalue weighted by molar-refractivity contribution is -0.119. The number of thiophene rings is 1. The van der Waals surface area contributed by atoms with Crippen LogP contribution in [0.15, 0.2) is 41.8 Å². The molecule has 0 aliphatic carbocycles. The summed E-state index contributed by atoms with van der Waals surface area (Å²) >= 11 is 1.69. The molecule has 25 heavy (non-hydrogen) atoms. The zero-order valence-corrected chi connectivity index (χ0v) is 15.2. The van der Waals surface area contributed by atoms with Gasteiger partial charge in [0.05, 0.1) is 18.7 Å². The van der Waals surface area contributed by atoms with Crippen LogP contribution in [-0.2, 0) is 16.0 Å². The molecular formula is C19H24N2O3S. The topological polar surface area (TPSA) is 67.4 Å². The first-order valence-electron chi connectivity index (χ1n) is 8.49. The van der Waals surface area contributed by atoms with E-state index in [0.717, 1.165) is 24.9 Å². The number of amides is 1. The zero-order valence-electron chi connectivity index (χ0n) is 14.4. The largest absolute Gasteiger partial charge is 0.462 e. The molecule has 2 N–H and O–H groups in total. The quantitative estimate of drug-likeness (QED) is 0.503. The second-order valence-electron chi connectivity index (χ2n) is 5.60. The predicted molar refractivity (Wildman–Crippen MR) is 101 cm³/mol. The van der Waals surface area contributed by atoms with Crippen molar-refractivity contribution >= 4 is 28.9 Å². The number of carbonyl (C=O) groups is 2. The van der Waals surface area contributed by atoms with Gasteiger partial charge in [0.2, 0.25) is 5.91 Å². The van der Waals surface area contributed by atoms with Crippen LogP contribution in [0, 0.1) is 0 Å². The van der Waals surface area contributed by atoms with Crippen molar-refractivity contribution in [1.82, 2.24) is 5.32 Å². The second kappa shape index (κ2) is 10.5. The van der Waals surface area contributed by atoms with Gasteiger partial charge in [-0.05, 0) is 48.6 Å². The van der Waals surface area contributed by atoms with E-state index in [4.69, 9.17) is 4.74 Å². The van der Waals surface area contributed by atoms with Gasteiger partial charge in [-0.1, -0.05) is 19.4 Å². The van der Waals surface area contributed by atoms with Crippen LogP contribution in [0.25, 0.3) is 0 Å². The Morgan fingerprint density at radius 1 is 1.16 bits per heavy atom. The summed E-state index contributed by atoms with van der Waals surface area (Å²) in [6.07, 6.45) is 2.71. The van der Waals surface area contributed by atoms with E-state index in [1.807, 2.05) is 18.4 Å². The van der Waals surface area contributed by atoms with Crippen molar-refractivity contribution < 1.29 is 14.3 Å². The Balaban J connectivity index is 1.68. The smallest absolute Gasteiger partial charge is 0.338 e. The van der Waals surface area contributed by atoms with Crippen LogP contribution in [0.5, 0.6) is 0 Å². The summed E-state index contributed by atoms with van der Waals surface area (Å²) in [5.41, 5.74) is 1.31. The average Bonchev–Trinajstić information content (AvgIpc) is 3.14. The Hall–Kier alpha value is -2.34. The van der Waals surface area contributed by atoms with Gasteiger partial charge >= 0.3 is 5.97 Å². The minimum atomic E-state index is -0.314. The van der Waals surface area contributed by atoms with Crippen LogP contribution in [0.4, 0.5) is 5.69 Å². The Labute approximate surface area is 152 Å². The summed E-state index contributed by atoms with van der Waals surface area (Å²) in [5.74, 6) is -0.370. The molecule has 2 aromatic rings. The highest BCUT2D eigenvalue weighted by Gasteiger charge is 2.07. The van der Waals surface area contributed by atoms with E-state index in [1.54, 1.807) is 35.6 Å². The van der Waals surface area contributed by atoms with Gasteiger partial charge < -0.3 is 15.4 Å². The Morgan fingerprint density at radius 2 is 1.96 bits per heavy atom. The third kappa shape index (κ3) is 6.97. The van der Waals surface area contributed by atoms with Crippen molar-refractivity contribution in [3.8, 4) is 0 Å². The molecule has 0 aliphatic rings. The van der Waals surface area contributed by atoms with Gasteiger partial charge in [0.15, 0.2) is 0 Å². The number of hydrogen-bond donors (Lipinski definition) is 2. The van der Waals surface area contributed by atoms with Crippen LogP contribution in [-0.4, -0.2) is 31.6 Å². The maximum Gasteiger partial charge on any atom is 0.338 e. The van der Waals surface area contributed by atoms with E-state index in [1.165, 1.54) is 4.88 Å². The number of ether oxygens (including phenoxy) is 1. The molecule has 0 atom stereocenters. The fourth-order valence-electron chi connectivity index (χ4n) is 2.14. The average molecular weight is 360 g/mol. The third-order valence-electron chi connectivity index (χ3n) is 3.58. The van der Waals surface area contributed by atoms with Gasteiger partial charge in [0.1, 0.15) is 0 Å². The first-order chi connectivity index (χ1) is 12.2. The molecule has 1 aromatic carbocycles. The number of anilines is 1. The minimum Gasteiger partial charge on any atom is -0.462 e. The molecule has 1 aromatic heterocycles. The van der Waals surface area contributed by atoms with Crippen molar-refractivity contribution in [1.29, 1.82) is 0 Å². The van der Waals surface area contributed by atoms with Crippen LogP contribution >= 0.6 is 11.3 Å². The molecular weight excluding hydrogens is 336 g/mol. The van der Waals surface area contributed by atoms with Crippen molar-refractivity contribution in [2.75, 3.05) is 25.0 Å². The van der Waals surface area contributed by atoms with Crippen LogP contribution < -0.4 is 10.6 Å². The molecule has 2 rings (SSSR count). The van der Waals surface area contributed by atoms with Crippen LogP contribution in [0.3, 0.4) is 0 Å². The lowest BCUT2D eigenvalue weighted by Gasteiger charge is -2.08. The summed E-state index contributed by atoms with van der Waals surface area (Å²) < 4.78 is 5.16. The summed E-state index contributed by atoms with van der Waals surface area (Å²) in [4.78, 5) is 24.9. The summed E-state index contributed by atoms with van der Waals surface area (Å²) in [5, 5.41) is 7.96. The standard InChI is InChI=1S/C19H24N2O3S/c1-2-3-12-24-19(23)15-6-8-16(9-7-15)21-14-18(22)20-11-10-17-5-4-13-25-17/h4-9,13,21H,2-3,10-12,14H2,1H3,(H,20,22). The highest BCUT2D eigenvalue weighted by Crippen LogP contribution is 2.11. The molecule has 0 saturated carbocycles. The molecule has 6 heteroatoms. The van der Waals surface area contributed by atoms with Gasteiger partial charge in [0, 0.05) is 17.1 Å². The monoisotopic (exact) mass is 360 g/mol. The zero-order chi connectivity index (χ0) is 17.9. The minimum absolute atomic E-state index is 0.0559. The summed E-state index contributed by atoms with van der Waals surface area (Å²) in [7, 11) is 0. The lowest BCUT2D eigenvalue weighted by atomic mass is 10.2. The van der Waals surface area contributed by atoms with E-state index in [9.17, 15) is 9.59 Å². The molecule has 0 bridgehead atoms. The van der Waals surface area contributed by atoms with Gasteiger partial charge in [-0.2, -0.15) is 0 Å². The van der Waals surface area contributed by atoms with Gasteiger partial charge in [-0.15, -0.1) is 11.3 Å². The molecule has 0 unspecified atom stereocenters. The van der Waals surface area contributed by atoms with Gasteiger partial charge in [0.25, 0.3) is 0 Å². The molecule has 1 amide bonds. The van der Waals surface area contributed by atoms with Crippen molar-refractivity contribution in [3.63, 3.8) is 0 Å². The van der Waals surface area contributed by atoms with Gasteiger partial charge in [-0.25, -0.2) is 4.79 Å². The number of benzene rings is 1. The van der Waals surface area contributed by atoms with E-state index in [0.29, 0.717) is 18.7 Å². The predicted octanol–water partition coefficient (Wildman–Crippen LogP) is 3.48. The maximum absolute atomic E-state index is 11.8. The number of rotatable bonds is 10. The fourth-order valence-corrected chi connectivity index (χ4v) is 2.85. The number of nitrogens with one attached hydrogen (secondary N) is 2. The van der Waals surface area contributed by atoms with E-state index < -0.39 is 0 Å². The number of unbranched alkanes of at least 4 members (excludes halogenated alkanes) is 1. The Bertz CT molecular complexity index is 654. The highest BCUT2D eigenvalue weighted by atomic mass is 32.1. The maximum atomic E-state index is 11.8. The Morgan fingerprint density at radius 3 is 2.64 bits per heavy atom. The summed E-state index contributed by atoms with van der Waals surface area (Å²) in [6.45, 7) is 3.32. The molecule has 5 nitrogen and oxygen atoms in total. The molecule has 0 radical (unpaired) electrons. The molecule has 0 saturated heterocycles. The van der Waals surface area contributed by atoms with Crippen molar-refractivity contribution in [2.24, 2.45) is 0 Å². The van der Waals surface area contributed by atoms with Gasteiger partial charge in [-0.3, -0.25) is 4.79 Å². The molecule has 0 aliphatic heterocycles. The van der Waals surface area contributed by atoms with E-state index in [-0.39, 0.29) is 18.4 Å². The first kappa shape index (κ1) is 19.0. The molecule has 0 fully saturated rings. The number of hydrogen-bond acceptors (Lipinski definition) is 5. The number of carbonyl (C=O) groups excluding carboxylic acids is 2. The fraction of sp³-hybridized carbons (Fsp3) is 0.368. The first-order valence-corrected chi connectivity index (χ1v) is 9.37. The molecule has 0 spiro atoms. The highest BCUT2D eigenvalue weighted by molar-refractivity contribution is 7.09. The van der Waals surface area contributed by atoms with E-state index in [2.05, 4.69) is 16.7 Å². The third-order valence-corrected chi connectivity index (χ3v) is 4.51. The SMILES string of the molecule is CCCCOC(=O)c1ccc(NCC(=O)NCCc2cccs2)cc1. The van der Waals surface area contributed by atoms with Crippen LogP contribution in [0.2, 0.25) is 0 Å². The van der Waals surface area contributed by atoms with Crippen LogP contribution in [0.1, 0.15) is 35.0 Å². The Kier molecular flexibility index (Phi) is 7.98. The lowest BCUT2D eigenvalue weighted by Crippen LogP contribution is -2.31. The van der Waals surface area contributed by atoms with Crippen molar-refractivity contribution in [3.05, 3.63) is 52.2 Å². The number of esters is 1. The van der Waals surface area contributed by atoms with Crippen molar-refractivity contribution in [2.45, 2.75) is 26.2 Å². The van der Waals surface area contributed by atoms with E-state index >= 15 is 0 Å².